The molecular formula is C7H13NO5. The molecule has 0 bridgehead atoms. The fourth-order valence-electron chi connectivity index (χ4n) is 0.447. The molecule has 2 N–H and O–H groups in total. The quantitative estimate of drug-likeness (QED) is 0.619. The van der Waals surface area contributed by atoms with Gasteiger partial charge in [-0.25, -0.2) is 9.59 Å². The SMILES string of the molecule is CCC(C)OC(=O)NOCC(=O)O. The molecule has 1 unspecified atom stereocenters. The molecule has 1 atom stereocenters. The summed E-state index contributed by atoms with van der Waals surface area (Å²) in [5, 5.41) is 8.14. The predicted molar refractivity (Wildman–Crippen MR) is 43.0 cm³/mol. The summed E-state index contributed by atoms with van der Waals surface area (Å²) in [5.74, 6) is -1.16. The van der Waals surface area contributed by atoms with E-state index in [1.807, 2.05) is 12.4 Å². The molecule has 0 aliphatic heterocycles. The Balaban J connectivity index is 3.46. The van der Waals surface area contributed by atoms with Crippen LogP contribution in [-0.4, -0.2) is 29.9 Å². The maximum Gasteiger partial charge on any atom is 0.431 e. The third-order valence-electron chi connectivity index (χ3n) is 1.23. The average Bonchev–Trinajstić information content (AvgIpc) is 2.03. The van der Waals surface area contributed by atoms with Crippen LogP contribution >= 0.6 is 0 Å². The molecule has 0 aromatic heterocycles. The van der Waals surface area contributed by atoms with Crippen molar-refractivity contribution in [3.8, 4) is 0 Å². The average molecular weight is 191 g/mol. The van der Waals surface area contributed by atoms with Gasteiger partial charge in [0.2, 0.25) is 0 Å². The fourth-order valence-corrected chi connectivity index (χ4v) is 0.447. The second-order valence-corrected chi connectivity index (χ2v) is 2.41. The van der Waals surface area contributed by atoms with Crippen molar-refractivity contribution in [2.24, 2.45) is 0 Å². The van der Waals surface area contributed by atoms with Crippen LogP contribution in [0.25, 0.3) is 0 Å². The molecule has 76 valence electrons. The Hall–Kier alpha value is -1.30. The van der Waals surface area contributed by atoms with Gasteiger partial charge in [-0.1, -0.05) is 6.92 Å². The van der Waals surface area contributed by atoms with Gasteiger partial charge in [0.15, 0.2) is 6.61 Å². The highest BCUT2D eigenvalue weighted by Gasteiger charge is 2.07. The van der Waals surface area contributed by atoms with Gasteiger partial charge < -0.3 is 9.84 Å². The summed E-state index contributed by atoms with van der Waals surface area (Å²) in [6, 6.07) is 0. The number of ether oxygens (including phenoxy) is 1. The van der Waals surface area contributed by atoms with Gasteiger partial charge in [-0.2, -0.15) is 5.48 Å². The zero-order valence-corrected chi connectivity index (χ0v) is 7.57. The summed E-state index contributed by atoms with van der Waals surface area (Å²) in [6.45, 7) is 2.99. The molecule has 6 nitrogen and oxygen atoms in total. The molecule has 0 radical (unpaired) electrons. The Labute approximate surface area is 75.8 Å². The Bertz CT molecular complexity index is 182. The van der Waals surface area contributed by atoms with Crippen molar-refractivity contribution in [2.45, 2.75) is 26.4 Å². The fraction of sp³-hybridized carbons (Fsp3) is 0.714. The molecule has 13 heavy (non-hydrogen) atoms. The van der Waals surface area contributed by atoms with E-state index < -0.39 is 18.7 Å². The molecule has 0 saturated carbocycles. The van der Waals surface area contributed by atoms with E-state index in [1.54, 1.807) is 6.92 Å². The normalized spacial score (nSPS) is 11.8. The molecule has 0 saturated heterocycles. The zero-order chi connectivity index (χ0) is 10.3. The summed E-state index contributed by atoms with van der Waals surface area (Å²) >= 11 is 0. The third kappa shape index (κ3) is 7.07. The van der Waals surface area contributed by atoms with Crippen LogP contribution in [-0.2, 0) is 14.4 Å². The molecule has 0 aliphatic rings. The second-order valence-electron chi connectivity index (χ2n) is 2.41. The van der Waals surface area contributed by atoms with E-state index in [1.165, 1.54) is 0 Å². The number of carboxylic acids is 1. The lowest BCUT2D eigenvalue weighted by Gasteiger charge is -2.10. The minimum Gasteiger partial charge on any atom is -0.479 e. The van der Waals surface area contributed by atoms with Crippen LogP contribution in [0, 0.1) is 0 Å². The molecule has 0 spiro atoms. The topological polar surface area (TPSA) is 84.9 Å². The van der Waals surface area contributed by atoms with E-state index in [-0.39, 0.29) is 6.10 Å². The number of rotatable bonds is 5. The van der Waals surface area contributed by atoms with Crippen molar-refractivity contribution in [1.82, 2.24) is 5.48 Å². The second kappa shape index (κ2) is 6.24. The first-order chi connectivity index (χ1) is 6.06. The molecule has 1 amide bonds. The maximum absolute atomic E-state index is 10.7. The van der Waals surface area contributed by atoms with E-state index in [2.05, 4.69) is 4.84 Å². The van der Waals surface area contributed by atoms with Gasteiger partial charge >= 0.3 is 12.1 Å². The largest absolute Gasteiger partial charge is 0.479 e. The number of carbonyl (C=O) groups excluding carboxylic acids is 1. The standard InChI is InChI=1S/C7H13NO5/c1-3-5(2)13-7(11)8-12-4-6(9)10/h5H,3-4H2,1-2H3,(H,8,11)(H,9,10). The maximum atomic E-state index is 10.7. The van der Waals surface area contributed by atoms with Crippen LogP contribution in [0.2, 0.25) is 0 Å². The van der Waals surface area contributed by atoms with Gasteiger partial charge in [0.05, 0.1) is 0 Å². The van der Waals surface area contributed by atoms with Gasteiger partial charge in [0.25, 0.3) is 0 Å². The first kappa shape index (κ1) is 11.7. The summed E-state index contributed by atoms with van der Waals surface area (Å²) in [6.07, 6.45) is -0.309. The molecule has 0 aromatic carbocycles. The molecule has 0 fully saturated rings. The summed E-state index contributed by atoms with van der Waals surface area (Å²) in [5.41, 5.74) is 1.84. The number of amides is 1. The number of hydrogen-bond acceptors (Lipinski definition) is 4. The number of aliphatic carboxylic acids is 1. The number of nitrogens with one attached hydrogen (secondary N) is 1. The smallest absolute Gasteiger partial charge is 0.431 e. The number of hydroxylamine groups is 1. The lowest BCUT2D eigenvalue weighted by molar-refractivity contribution is -0.144. The summed E-state index contributed by atoms with van der Waals surface area (Å²) < 4.78 is 4.71. The Kier molecular flexibility index (Phi) is 5.62. The molecule has 6 heteroatoms. The van der Waals surface area contributed by atoms with Crippen molar-refractivity contribution in [3.63, 3.8) is 0 Å². The van der Waals surface area contributed by atoms with E-state index >= 15 is 0 Å². The number of carbonyl (C=O) groups is 2. The molecule has 0 aromatic rings. The lowest BCUT2D eigenvalue weighted by atomic mass is 10.3. The van der Waals surface area contributed by atoms with Crippen LogP contribution in [0.5, 0.6) is 0 Å². The van der Waals surface area contributed by atoms with Crippen LogP contribution in [0.4, 0.5) is 4.79 Å². The highest BCUT2D eigenvalue weighted by Crippen LogP contribution is 1.95. The molecule has 0 rings (SSSR count). The van der Waals surface area contributed by atoms with Crippen molar-refractivity contribution >= 4 is 12.1 Å². The minimum absolute atomic E-state index is 0.214. The van der Waals surface area contributed by atoms with Gasteiger partial charge in [0, 0.05) is 0 Å². The van der Waals surface area contributed by atoms with Gasteiger partial charge in [-0.15, -0.1) is 0 Å². The summed E-state index contributed by atoms with van der Waals surface area (Å²) in [7, 11) is 0. The highest BCUT2D eigenvalue weighted by atomic mass is 16.7. The first-order valence-corrected chi connectivity index (χ1v) is 3.86. The monoisotopic (exact) mass is 191 g/mol. The molecule has 0 heterocycles. The van der Waals surface area contributed by atoms with E-state index in [0.717, 1.165) is 0 Å². The molecular weight excluding hydrogens is 178 g/mol. The van der Waals surface area contributed by atoms with Crippen molar-refractivity contribution < 1.29 is 24.3 Å². The van der Waals surface area contributed by atoms with Crippen molar-refractivity contribution in [2.75, 3.05) is 6.61 Å². The van der Waals surface area contributed by atoms with Gasteiger partial charge in [-0.3, -0.25) is 4.84 Å². The number of carboxylic acid groups (broad SMARTS) is 1. The Morgan fingerprint density at radius 2 is 2.15 bits per heavy atom. The summed E-state index contributed by atoms with van der Waals surface area (Å²) in [4.78, 5) is 25.0. The van der Waals surface area contributed by atoms with Gasteiger partial charge in [0.1, 0.15) is 6.10 Å². The van der Waals surface area contributed by atoms with Crippen LogP contribution in [0.1, 0.15) is 20.3 Å². The predicted octanol–water partition coefficient (Wildman–Crippen LogP) is 0.527. The van der Waals surface area contributed by atoms with Crippen LogP contribution in [0.3, 0.4) is 0 Å². The van der Waals surface area contributed by atoms with E-state index in [4.69, 9.17) is 9.84 Å². The van der Waals surface area contributed by atoms with Crippen molar-refractivity contribution in [3.05, 3.63) is 0 Å². The lowest BCUT2D eigenvalue weighted by Crippen LogP contribution is -2.29. The van der Waals surface area contributed by atoms with E-state index in [9.17, 15) is 9.59 Å². The third-order valence-corrected chi connectivity index (χ3v) is 1.23. The minimum atomic E-state index is -1.16. The first-order valence-electron chi connectivity index (χ1n) is 3.86. The van der Waals surface area contributed by atoms with Crippen molar-refractivity contribution in [1.29, 1.82) is 0 Å². The van der Waals surface area contributed by atoms with Gasteiger partial charge in [-0.05, 0) is 13.3 Å². The number of hydrogen-bond donors (Lipinski definition) is 2. The van der Waals surface area contributed by atoms with Crippen LogP contribution in [0.15, 0.2) is 0 Å². The van der Waals surface area contributed by atoms with E-state index in [0.29, 0.717) is 6.42 Å². The highest BCUT2D eigenvalue weighted by molar-refractivity contribution is 5.69. The van der Waals surface area contributed by atoms with Crippen LogP contribution < -0.4 is 5.48 Å². The zero-order valence-electron chi connectivity index (χ0n) is 7.57. The Morgan fingerprint density at radius 1 is 1.54 bits per heavy atom. The Morgan fingerprint density at radius 3 is 2.62 bits per heavy atom. The molecule has 0 aliphatic carbocycles.